The molecule has 0 aromatic heterocycles. The molecule has 2 fully saturated rings. The molecule has 0 aliphatic carbocycles. The Balaban J connectivity index is 1.47. The van der Waals surface area contributed by atoms with Gasteiger partial charge in [0.2, 0.25) is 0 Å². The second-order valence-corrected chi connectivity index (χ2v) is 8.43. The standard InChI is InChI=1S/C23H27ClO7/c24-18-6-3-14(22-20(27)21(28)23(31-22)19(26)11-25)10-15(18)9-13-1-4-16(5-2-13)30-17-7-8-29-12-17/h1-6,10,17,19-23,25-28H,7-9,11-12H2/t17-,19-,20-,21-,22-,23-/m1/s1. The number of benzene rings is 2. The zero-order valence-electron chi connectivity index (χ0n) is 16.9. The van der Waals surface area contributed by atoms with Crippen molar-refractivity contribution in [1.29, 1.82) is 0 Å². The van der Waals surface area contributed by atoms with E-state index in [1.807, 2.05) is 30.3 Å². The predicted octanol–water partition coefficient (Wildman–Crippen LogP) is 1.61. The van der Waals surface area contributed by atoms with Crippen molar-refractivity contribution in [2.75, 3.05) is 19.8 Å². The van der Waals surface area contributed by atoms with E-state index >= 15 is 0 Å². The van der Waals surface area contributed by atoms with Gasteiger partial charge in [-0.15, -0.1) is 0 Å². The van der Waals surface area contributed by atoms with Crippen molar-refractivity contribution in [1.82, 2.24) is 0 Å². The Morgan fingerprint density at radius 2 is 1.87 bits per heavy atom. The van der Waals surface area contributed by atoms with Gasteiger partial charge in [-0.2, -0.15) is 0 Å². The molecule has 4 rings (SSSR count). The lowest BCUT2D eigenvalue weighted by Gasteiger charge is -2.19. The summed E-state index contributed by atoms with van der Waals surface area (Å²) < 4.78 is 16.9. The normalized spacial score (nSPS) is 29.3. The lowest BCUT2D eigenvalue weighted by atomic mass is 9.96. The van der Waals surface area contributed by atoms with Crippen LogP contribution in [0.1, 0.15) is 29.2 Å². The first-order chi connectivity index (χ1) is 15.0. The molecular formula is C23H27ClO7. The van der Waals surface area contributed by atoms with Crippen LogP contribution in [0.3, 0.4) is 0 Å². The summed E-state index contributed by atoms with van der Waals surface area (Å²) in [5.41, 5.74) is 2.52. The van der Waals surface area contributed by atoms with Crippen molar-refractivity contribution in [3.8, 4) is 5.75 Å². The minimum Gasteiger partial charge on any atom is -0.488 e. The van der Waals surface area contributed by atoms with E-state index in [9.17, 15) is 15.3 Å². The Morgan fingerprint density at radius 1 is 1.10 bits per heavy atom. The van der Waals surface area contributed by atoms with Crippen LogP contribution in [0, 0.1) is 0 Å². The molecule has 0 spiro atoms. The van der Waals surface area contributed by atoms with E-state index in [1.54, 1.807) is 12.1 Å². The monoisotopic (exact) mass is 450 g/mol. The van der Waals surface area contributed by atoms with Gasteiger partial charge >= 0.3 is 0 Å². The zero-order chi connectivity index (χ0) is 22.0. The van der Waals surface area contributed by atoms with Crippen LogP contribution in [0.4, 0.5) is 0 Å². The second-order valence-electron chi connectivity index (χ2n) is 8.03. The first-order valence-electron chi connectivity index (χ1n) is 10.4. The molecule has 2 aliphatic heterocycles. The van der Waals surface area contributed by atoms with Gasteiger partial charge in [0, 0.05) is 11.4 Å². The molecule has 0 amide bonds. The minimum absolute atomic E-state index is 0.0957. The fourth-order valence-corrected chi connectivity index (χ4v) is 4.20. The average Bonchev–Trinajstić information content (AvgIpc) is 3.39. The molecule has 0 saturated carbocycles. The molecule has 168 valence electrons. The first kappa shape index (κ1) is 22.5. The Bertz CT molecular complexity index is 869. The van der Waals surface area contributed by atoms with Crippen LogP contribution < -0.4 is 4.74 Å². The van der Waals surface area contributed by atoms with E-state index in [-0.39, 0.29) is 6.10 Å². The Morgan fingerprint density at radius 3 is 2.55 bits per heavy atom. The Kier molecular flexibility index (Phi) is 7.13. The highest BCUT2D eigenvalue weighted by Crippen LogP contribution is 2.36. The third kappa shape index (κ3) is 5.04. The number of rotatable bonds is 7. The van der Waals surface area contributed by atoms with Crippen molar-refractivity contribution in [3.63, 3.8) is 0 Å². The number of halogens is 1. The van der Waals surface area contributed by atoms with Crippen LogP contribution >= 0.6 is 11.6 Å². The van der Waals surface area contributed by atoms with E-state index < -0.39 is 37.1 Å². The SMILES string of the molecule is OC[C@@H](O)[C@H]1O[C@H](c2ccc(Cl)c(Cc3ccc(O[C@@H]4CCOC4)cc3)c2)[C@H](O)[C@H]1O. The van der Waals surface area contributed by atoms with E-state index in [0.29, 0.717) is 23.6 Å². The third-order valence-corrected chi connectivity index (χ3v) is 6.14. The minimum atomic E-state index is -1.30. The van der Waals surface area contributed by atoms with Gasteiger partial charge in [0.05, 0.1) is 19.8 Å². The van der Waals surface area contributed by atoms with Gasteiger partial charge in [-0.25, -0.2) is 0 Å². The lowest BCUT2D eigenvalue weighted by molar-refractivity contribution is -0.0820. The summed E-state index contributed by atoms with van der Waals surface area (Å²) in [4.78, 5) is 0. The van der Waals surface area contributed by atoms with Crippen molar-refractivity contribution >= 4 is 11.6 Å². The van der Waals surface area contributed by atoms with Crippen LogP contribution in [0.5, 0.6) is 5.75 Å². The zero-order valence-corrected chi connectivity index (χ0v) is 17.7. The summed E-state index contributed by atoms with van der Waals surface area (Å²) >= 11 is 6.40. The molecule has 6 atom stereocenters. The second kappa shape index (κ2) is 9.83. The molecule has 2 aliphatic rings. The summed E-state index contributed by atoms with van der Waals surface area (Å²) in [6, 6.07) is 13.1. The molecule has 2 aromatic rings. The van der Waals surface area contributed by atoms with E-state index in [4.69, 9.17) is 30.9 Å². The van der Waals surface area contributed by atoms with Crippen LogP contribution in [-0.2, 0) is 15.9 Å². The number of hydrogen-bond acceptors (Lipinski definition) is 7. The number of aliphatic hydroxyl groups excluding tert-OH is 4. The van der Waals surface area contributed by atoms with Crippen LogP contribution in [0.25, 0.3) is 0 Å². The third-order valence-electron chi connectivity index (χ3n) is 5.77. The topological polar surface area (TPSA) is 109 Å². The fourth-order valence-electron chi connectivity index (χ4n) is 4.01. The van der Waals surface area contributed by atoms with Gasteiger partial charge in [-0.1, -0.05) is 35.9 Å². The first-order valence-corrected chi connectivity index (χ1v) is 10.8. The Hall–Kier alpha value is -1.71. The molecule has 2 heterocycles. The van der Waals surface area contributed by atoms with E-state index in [0.717, 1.165) is 29.9 Å². The van der Waals surface area contributed by atoms with Gasteiger partial charge in [0.1, 0.15) is 42.4 Å². The van der Waals surface area contributed by atoms with Crippen LogP contribution in [0.2, 0.25) is 5.02 Å². The maximum atomic E-state index is 10.4. The molecule has 0 bridgehead atoms. The summed E-state index contributed by atoms with van der Waals surface area (Å²) in [7, 11) is 0. The van der Waals surface area contributed by atoms with Crippen molar-refractivity contribution in [2.24, 2.45) is 0 Å². The van der Waals surface area contributed by atoms with E-state index in [1.165, 1.54) is 0 Å². The van der Waals surface area contributed by atoms with Gasteiger partial charge in [0.25, 0.3) is 0 Å². The quantitative estimate of drug-likeness (QED) is 0.507. The summed E-state index contributed by atoms with van der Waals surface area (Å²) in [5, 5.41) is 40.1. The van der Waals surface area contributed by atoms with Crippen molar-refractivity contribution < 1.29 is 34.6 Å². The van der Waals surface area contributed by atoms with Crippen molar-refractivity contribution in [3.05, 3.63) is 64.2 Å². The smallest absolute Gasteiger partial charge is 0.124 e. The molecule has 0 unspecified atom stereocenters. The molecular weight excluding hydrogens is 424 g/mol. The van der Waals surface area contributed by atoms with Gasteiger partial charge in [-0.05, 0) is 41.3 Å². The molecule has 7 nitrogen and oxygen atoms in total. The molecule has 0 radical (unpaired) electrons. The largest absolute Gasteiger partial charge is 0.488 e. The molecule has 2 saturated heterocycles. The highest BCUT2D eigenvalue weighted by molar-refractivity contribution is 6.31. The van der Waals surface area contributed by atoms with Gasteiger partial charge in [0.15, 0.2) is 0 Å². The highest BCUT2D eigenvalue weighted by atomic mass is 35.5. The molecule has 31 heavy (non-hydrogen) atoms. The summed E-state index contributed by atoms with van der Waals surface area (Å²) in [5.74, 6) is 0.795. The summed E-state index contributed by atoms with van der Waals surface area (Å²) in [6.07, 6.45) is -4.15. The maximum absolute atomic E-state index is 10.4. The number of ether oxygens (including phenoxy) is 3. The number of hydrogen-bond donors (Lipinski definition) is 4. The van der Waals surface area contributed by atoms with Crippen LogP contribution in [-0.4, -0.2) is 70.8 Å². The van der Waals surface area contributed by atoms with Gasteiger partial charge in [-0.3, -0.25) is 0 Å². The maximum Gasteiger partial charge on any atom is 0.124 e. The molecule has 2 aromatic carbocycles. The molecule has 4 N–H and O–H groups in total. The van der Waals surface area contributed by atoms with Crippen molar-refractivity contribution in [2.45, 2.75) is 49.5 Å². The molecule has 8 heteroatoms. The summed E-state index contributed by atoms with van der Waals surface area (Å²) in [6.45, 7) is 0.776. The highest BCUT2D eigenvalue weighted by Gasteiger charge is 2.46. The van der Waals surface area contributed by atoms with Crippen LogP contribution in [0.15, 0.2) is 42.5 Å². The van der Waals surface area contributed by atoms with E-state index in [2.05, 4.69) is 0 Å². The van der Waals surface area contributed by atoms with Gasteiger partial charge < -0.3 is 34.6 Å². The number of aliphatic hydroxyl groups is 4. The predicted molar refractivity (Wildman–Crippen MR) is 113 cm³/mol. The lowest BCUT2D eigenvalue weighted by Crippen LogP contribution is -2.40. The fraction of sp³-hybridized carbons (Fsp3) is 0.478. The Labute approximate surface area is 185 Å². The average molecular weight is 451 g/mol.